The van der Waals surface area contributed by atoms with Crippen molar-refractivity contribution >= 4 is 23.4 Å². The number of nitrogens with one attached hydrogen (secondary N) is 2. The summed E-state index contributed by atoms with van der Waals surface area (Å²) in [5, 5.41) is 5.88. The van der Waals surface area contributed by atoms with Gasteiger partial charge in [-0.05, 0) is 31.4 Å². The Morgan fingerprint density at radius 1 is 1.17 bits per heavy atom. The summed E-state index contributed by atoms with van der Waals surface area (Å²) in [5.74, 6) is -0.668. The van der Waals surface area contributed by atoms with E-state index in [2.05, 4.69) is 20.6 Å². The molecular formula is C19H18ClFN4O4. The predicted octanol–water partition coefficient (Wildman–Crippen LogP) is 1.88. The Morgan fingerprint density at radius 3 is 2.52 bits per heavy atom. The minimum absolute atomic E-state index is 0.0105. The first kappa shape index (κ1) is 19.4. The third kappa shape index (κ3) is 3.82. The van der Waals surface area contributed by atoms with Gasteiger partial charge in [-0.2, -0.15) is 0 Å². The van der Waals surface area contributed by atoms with Gasteiger partial charge in [0.05, 0.1) is 24.5 Å². The van der Waals surface area contributed by atoms with Crippen LogP contribution in [0.5, 0.6) is 11.6 Å². The molecule has 1 aromatic carbocycles. The Hall–Kier alpha value is -2.94. The molecule has 29 heavy (non-hydrogen) atoms. The first-order chi connectivity index (χ1) is 13.8. The zero-order chi connectivity index (χ0) is 20.6. The van der Waals surface area contributed by atoms with Crippen LogP contribution in [0, 0.1) is 5.82 Å². The standard InChI is InChI=1S/C19H18ClFN4O4/c1-28-16-6-22-14(5-23-16)17(27)25-19-8-18(9-19,10-19)24-15(26)7-29-11-2-3-12(20)13(21)4-11/h2-6H,7-10H2,1H3,(H,24,26)(H,25,27). The number of ether oxygens (including phenoxy) is 2. The van der Waals surface area contributed by atoms with Crippen LogP contribution in [-0.4, -0.2) is 46.6 Å². The van der Waals surface area contributed by atoms with Gasteiger partial charge in [-0.1, -0.05) is 11.6 Å². The molecule has 5 rings (SSSR count). The lowest BCUT2D eigenvalue weighted by atomic mass is 9.44. The van der Waals surface area contributed by atoms with Crippen LogP contribution in [0.4, 0.5) is 4.39 Å². The number of aromatic nitrogens is 2. The molecule has 3 fully saturated rings. The smallest absolute Gasteiger partial charge is 0.271 e. The second-order valence-electron chi connectivity index (χ2n) is 7.40. The molecule has 0 atom stereocenters. The molecule has 2 aromatic rings. The molecule has 2 amide bonds. The zero-order valence-corrected chi connectivity index (χ0v) is 16.3. The Balaban J connectivity index is 1.23. The summed E-state index contributed by atoms with van der Waals surface area (Å²) in [7, 11) is 1.47. The molecular weight excluding hydrogens is 403 g/mol. The third-order valence-electron chi connectivity index (χ3n) is 5.14. The Kier molecular flexibility index (Phi) is 4.77. The largest absolute Gasteiger partial charge is 0.484 e. The number of halogens is 2. The van der Waals surface area contributed by atoms with E-state index in [9.17, 15) is 14.0 Å². The van der Waals surface area contributed by atoms with Crippen LogP contribution in [0.1, 0.15) is 29.8 Å². The van der Waals surface area contributed by atoms with Gasteiger partial charge in [0.2, 0.25) is 5.88 Å². The molecule has 1 aromatic heterocycles. The maximum atomic E-state index is 13.4. The van der Waals surface area contributed by atoms with Crippen LogP contribution in [0.15, 0.2) is 30.6 Å². The number of carbonyl (C=O) groups excluding carboxylic acids is 2. The summed E-state index contributed by atoms with van der Waals surface area (Å²) in [6, 6.07) is 3.99. The zero-order valence-electron chi connectivity index (χ0n) is 15.5. The molecule has 8 nitrogen and oxygen atoms in total. The van der Waals surface area contributed by atoms with E-state index >= 15 is 0 Å². The van der Waals surface area contributed by atoms with E-state index in [1.54, 1.807) is 0 Å². The van der Waals surface area contributed by atoms with Gasteiger partial charge in [-0.25, -0.2) is 14.4 Å². The first-order valence-electron chi connectivity index (χ1n) is 8.90. The van der Waals surface area contributed by atoms with E-state index in [4.69, 9.17) is 21.1 Å². The van der Waals surface area contributed by atoms with Crippen molar-refractivity contribution in [1.29, 1.82) is 0 Å². The van der Waals surface area contributed by atoms with Gasteiger partial charge in [-0.3, -0.25) is 9.59 Å². The number of carbonyl (C=O) groups is 2. The molecule has 10 heteroatoms. The van der Waals surface area contributed by atoms with Crippen molar-refractivity contribution in [3.05, 3.63) is 47.1 Å². The van der Waals surface area contributed by atoms with E-state index in [1.807, 2.05) is 0 Å². The first-order valence-corrected chi connectivity index (χ1v) is 9.27. The monoisotopic (exact) mass is 420 g/mol. The van der Waals surface area contributed by atoms with Gasteiger partial charge in [0.15, 0.2) is 6.61 Å². The number of methoxy groups -OCH3 is 1. The van der Waals surface area contributed by atoms with Crippen molar-refractivity contribution in [2.45, 2.75) is 30.3 Å². The lowest BCUT2D eigenvalue weighted by Crippen LogP contribution is -2.84. The van der Waals surface area contributed by atoms with Gasteiger partial charge in [0.1, 0.15) is 17.3 Å². The maximum absolute atomic E-state index is 13.4. The van der Waals surface area contributed by atoms with Crippen LogP contribution in [0.25, 0.3) is 0 Å². The topological polar surface area (TPSA) is 102 Å². The number of hydrogen-bond acceptors (Lipinski definition) is 6. The third-order valence-corrected chi connectivity index (χ3v) is 5.45. The summed E-state index contributed by atoms with van der Waals surface area (Å²) < 4.78 is 23.6. The SMILES string of the molecule is COc1cnc(C(=O)NC23CC(NC(=O)COc4ccc(Cl)c(F)c4)(C2)C3)cn1. The lowest BCUT2D eigenvalue weighted by Gasteiger charge is -2.70. The van der Waals surface area contributed by atoms with Crippen molar-refractivity contribution in [2.75, 3.05) is 13.7 Å². The fourth-order valence-corrected chi connectivity index (χ4v) is 4.06. The van der Waals surface area contributed by atoms with E-state index < -0.39 is 5.82 Å². The fraction of sp³-hybridized carbons (Fsp3) is 0.368. The predicted molar refractivity (Wildman–Crippen MR) is 100 cm³/mol. The molecule has 0 unspecified atom stereocenters. The number of hydrogen-bond donors (Lipinski definition) is 2. The number of rotatable bonds is 7. The van der Waals surface area contributed by atoms with E-state index in [-0.39, 0.29) is 46.0 Å². The van der Waals surface area contributed by atoms with Crippen molar-refractivity contribution < 1.29 is 23.5 Å². The maximum Gasteiger partial charge on any atom is 0.271 e. The lowest BCUT2D eigenvalue weighted by molar-refractivity contribution is -0.141. The summed E-state index contributed by atoms with van der Waals surface area (Å²) >= 11 is 5.61. The van der Waals surface area contributed by atoms with E-state index in [0.29, 0.717) is 25.1 Å². The van der Waals surface area contributed by atoms with Crippen LogP contribution in [0.2, 0.25) is 5.02 Å². The molecule has 2 bridgehead atoms. The number of benzene rings is 1. The summed E-state index contributed by atoms with van der Waals surface area (Å²) in [6.45, 7) is -0.233. The highest BCUT2D eigenvalue weighted by molar-refractivity contribution is 6.30. The quantitative estimate of drug-likeness (QED) is 0.709. The molecule has 1 heterocycles. The van der Waals surface area contributed by atoms with Crippen LogP contribution < -0.4 is 20.1 Å². The van der Waals surface area contributed by atoms with E-state index in [0.717, 1.165) is 6.07 Å². The molecule has 3 aliphatic carbocycles. The molecule has 152 valence electrons. The number of amides is 2. The summed E-state index contributed by atoms with van der Waals surface area (Å²) in [6.07, 6.45) is 4.64. The highest BCUT2D eigenvalue weighted by Gasteiger charge is 2.69. The number of nitrogens with zero attached hydrogens (tertiary/aromatic N) is 2. The molecule has 0 spiro atoms. The summed E-state index contributed by atoms with van der Waals surface area (Å²) in [4.78, 5) is 32.4. The fourth-order valence-electron chi connectivity index (χ4n) is 3.94. The van der Waals surface area contributed by atoms with Crippen molar-refractivity contribution in [3.8, 4) is 11.6 Å². The van der Waals surface area contributed by atoms with Crippen molar-refractivity contribution in [3.63, 3.8) is 0 Å². The van der Waals surface area contributed by atoms with Crippen molar-refractivity contribution in [2.24, 2.45) is 0 Å². The van der Waals surface area contributed by atoms with Gasteiger partial charge < -0.3 is 20.1 Å². The van der Waals surface area contributed by atoms with Gasteiger partial charge in [0, 0.05) is 17.1 Å². The molecule has 0 aliphatic heterocycles. The van der Waals surface area contributed by atoms with Crippen LogP contribution in [-0.2, 0) is 4.79 Å². The molecule has 3 saturated carbocycles. The minimum Gasteiger partial charge on any atom is -0.484 e. The normalized spacial score (nSPS) is 24.0. The average Bonchev–Trinajstić information content (AvgIpc) is 2.66. The molecule has 3 aliphatic rings. The Labute approximate surface area is 170 Å². The van der Waals surface area contributed by atoms with Gasteiger partial charge in [0.25, 0.3) is 11.8 Å². The molecule has 2 N–H and O–H groups in total. The van der Waals surface area contributed by atoms with E-state index in [1.165, 1.54) is 31.6 Å². The minimum atomic E-state index is -0.608. The Bertz CT molecular complexity index is 949. The van der Waals surface area contributed by atoms with Gasteiger partial charge in [-0.15, -0.1) is 0 Å². The van der Waals surface area contributed by atoms with Crippen LogP contribution in [0.3, 0.4) is 0 Å². The average molecular weight is 421 g/mol. The van der Waals surface area contributed by atoms with Crippen LogP contribution >= 0.6 is 11.6 Å². The molecule has 0 saturated heterocycles. The summed E-state index contributed by atoms with van der Waals surface area (Å²) in [5.41, 5.74) is -0.450. The van der Waals surface area contributed by atoms with Crippen molar-refractivity contribution in [1.82, 2.24) is 20.6 Å². The second kappa shape index (κ2) is 7.14. The second-order valence-corrected chi connectivity index (χ2v) is 7.81. The molecule has 0 radical (unpaired) electrons. The highest BCUT2D eigenvalue weighted by atomic mass is 35.5. The van der Waals surface area contributed by atoms with Gasteiger partial charge >= 0.3 is 0 Å². The highest BCUT2D eigenvalue weighted by Crippen LogP contribution is 2.60. The Morgan fingerprint density at radius 2 is 1.90 bits per heavy atom.